The summed E-state index contributed by atoms with van der Waals surface area (Å²) in [4.78, 5) is 10.5. The van der Waals surface area contributed by atoms with E-state index in [0.717, 1.165) is 17.1 Å². The standard InChI is InChI=1S/C61H65B2N3/c1-34-22-28-54-50(30-34)62(56-42(9)38(5)36(3)39(6)43(56)10)52-32-48(46-24-26-47(27-25-46)59-64-60(13,14)61(15,16)66(59)49-20-18-17-19-21-49)33-53-58(52)65(54)55-29-23-35(2)31-51(55)63(53)57-44(11)40(7)37(4)41(8)45(57)12/h17-33H,1-16H3. The van der Waals surface area contributed by atoms with Gasteiger partial charge in [0.15, 0.2) is 0 Å². The monoisotopic (exact) mass is 862 g/mol. The van der Waals surface area contributed by atoms with Crippen LogP contribution < -0.4 is 42.6 Å². The average Bonchev–Trinajstić information content (AvgIpc) is 3.49. The van der Waals surface area contributed by atoms with Gasteiger partial charge < -0.3 is 9.80 Å². The third kappa shape index (κ3) is 6.21. The number of aryl methyl sites for hydroxylation is 2. The van der Waals surface area contributed by atoms with E-state index in [2.05, 4.69) is 224 Å². The molecule has 0 bridgehead atoms. The van der Waals surface area contributed by atoms with Crippen LogP contribution in [0.1, 0.15) is 100 Å². The lowest BCUT2D eigenvalue weighted by atomic mass is 9.29. The number of benzene rings is 7. The van der Waals surface area contributed by atoms with Crippen molar-refractivity contribution < 1.29 is 0 Å². The lowest BCUT2D eigenvalue weighted by molar-refractivity contribution is 0.338. The smallest absolute Gasteiger partial charge is 0.247 e. The van der Waals surface area contributed by atoms with Crippen LogP contribution in [-0.4, -0.2) is 30.3 Å². The van der Waals surface area contributed by atoms with E-state index in [9.17, 15) is 0 Å². The summed E-state index contributed by atoms with van der Waals surface area (Å²) < 4.78 is 0. The van der Waals surface area contributed by atoms with Crippen LogP contribution in [0.25, 0.3) is 11.1 Å². The van der Waals surface area contributed by atoms with Crippen LogP contribution in [0.3, 0.4) is 0 Å². The third-order valence-electron chi connectivity index (χ3n) is 17.3. The summed E-state index contributed by atoms with van der Waals surface area (Å²) in [6.45, 7) is 37.2. The normalized spacial score (nSPS) is 15.5. The molecule has 7 aromatic carbocycles. The molecular formula is C61H65B2N3. The molecule has 5 heteroatoms. The number of rotatable bonds is 5. The van der Waals surface area contributed by atoms with E-state index in [1.807, 2.05) is 0 Å². The molecule has 0 amide bonds. The summed E-state index contributed by atoms with van der Waals surface area (Å²) in [6, 6.07) is 39.7. The highest BCUT2D eigenvalue weighted by Crippen LogP contribution is 2.43. The Bertz CT molecular complexity index is 3020. The van der Waals surface area contributed by atoms with Crippen molar-refractivity contribution in [1.82, 2.24) is 0 Å². The number of hydrogen-bond donors (Lipinski definition) is 0. The molecule has 3 heterocycles. The maximum absolute atomic E-state index is 5.46. The van der Waals surface area contributed by atoms with Crippen molar-refractivity contribution in [2.75, 3.05) is 9.80 Å². The summed E-state index contributed by atoms with van der Waals surface area (Å²) in [7, 11) is 0. The maximum atomic E-state index is 5.46. The molecule has 3 aliphatic rings. The Balaban J connectivity index is 1.29. The van der Waals surface area contributed by atoms with Gasteiger partial charge in [0.05, 0.1) is 11.1 Å². The molecule has 7 aromatic rings. The Kier molecular flexibility index (Phi) is 10.1. The van der Waals surface area contributed by atoms with Crippen molar-refractivity contribution in [3.8, 4) is 11.1 Å². The second kappa shape index (κ2) is 15.2. The van der Waals surface area contributed by atoms with Crippen LogP contribution >= 0.6 is 0 Å². The number of fused-ring (bicyclic) bond motifs is 4. The number of nitrogens with zero attached hydrogens (tertiary/aromatic N) is 3. The molecule has 0 saturated carbocycles. The molecule has 10 rings (SSSR count). The fourth-order valence-electron chi connectivity index (χ4n) is 12.0. The number of amidine groups is 1. The topological polar surface area (TPSA) is 18.8 Å². The van der Waals surface area contributed by atoms with E-state index >= 15 is 0 Å². The van der Waals surface area contributed by atoms with Crippen LogP contribution in [0.4, 0.5) is 22.7 Å². The Morgan fingerprint density at radius 3 is 1.26 bits per heavy atom. The predicted molar refractivity (Wildman–Crippen MR) is 289 cm³/mol. The predicted octanol–water partition coefficient (Wildman–Crippen LogP) is 11.0. The fourth-order valence-corrected chi connectivity index (χ4v) is 12.0. The Hall–Kier alpha value is -6.06. The summed E-state index contributed by atoms with van der Waals surface area (Å²) in [5.41, 5.74) is 33.1. The van der Waals surface area contributed by atoms with Crippen molar-refractivity contribution in [3.63, 3.8) is 0 Å². The van der Waals surface area contributed by atoms with Crippen LogP contribution in [0.15, 0.2) is 108 Å². The molecule has 3 nitrogen and oxygen atoms in total. The van der Waals surface area contributed by atoms with Crippen molar-refractivity contribution in [1.29, 1.82) is 0 Å². The Morgan fingerprint density at radius 1 is 0.409 bits per heavy atom. The van der Waals surface area contributed by atoms with Crippen molar-refractivity contribution in [3.05, 3.63) is 175 Å². The van der Waals surface area contributed by atoms with Crippen molar-refractivity contribution >= 4 is 74.8 Å². The quantitative estimate of drug-likeness (QED) is 0.161. The molecule has 0 N–H and O–H groups in total. The van der Waals surface area contributed by atoms with Gasteiger partial charge >= 0.3 is 0 Å². The minimum Gasteiger partial charge on any atom is -0.318 e. The molecule has 0 radical (unpaired) electrons. The Morgan fingerprint density at radius 2 is 0.818 bits per heavy atom. The van der Waals surface area contributed by atoms with Gasteiger partial charge in [0.2, 0.25) is 13.4 Å². The number of para-hydroxylation sites is 1. The average molecular weight is 862 g/mol. The highest BCUT2D eigenvalue weighted by atomic mass is 15.3. The van der Waals surface area contributed by atoms with Gasteiger partial charge in [-0.05, 0) is 201 Å². The van der Waals surface area contributed by atoms with Crippen LogP contribution in [-0.2, 0) is 0 Å². The largest absolute Gasteiger partial charge is 0.318 e. The number of hydrogen-bond acceptors (Lipinski definition) is 3. The molecule has 0 aromatic heterocycles. The second-order valence-electron chi connectivity index (χ2n) is 21.2. The SMILES string of the molecule is Cc1ccc2c(c1)B(c1c(C)c(C)c(C)c(C)c1C)c1cc(-c3ccc(C4=NC(C)(C)C(C)(C)N4c4ccccc4)cc3)cc3c1N2c1ccc(C)cc1B3c1c(C)c(C)c(C)c(C)c1C. The number of aliphatic imine (C=N–C) groups is 1. The molecule has 0 aliphatic carbocycles. The van der Waals surface area contributed by atoms with Gasteiger partial charge in [0, 0.05) is 28.3 Å². The van der Waals surface area contributed by atoms with Crippen LogP contribution in [0.2, 0.25) is 0 Å². The van der Waals surface area contributed by atoms with Gasteiger partial charge in [-0.1, -0.05) is 123 Å². The summed E-state index contributed by atoms with van der Waals surface area (Å²) in [6.07, 6.45) is 0. The summed E-state index contributed by atoms with van der Waals surface area (Å²) in [5.74, 6) is 1.02. The first kappa shape index (κ1) is 43.8. The van der Waals surface area contributed by atoms with Gasteiger partial charge in [-0.15, -0.1) is 0 Å². The van der Waals surface area contributed by atoms with E-state index in [0.29, 0.717) is 0 Å². The minimum absolute atomic E-state index is 0.0372. The van der Waals surface area contributed by atoms with E-state index in [1.165, 1.54) is 128 Å². The zero-order chi connectivity index (χ0) is 47.0. The maximum Gasteiger partial charge on any atom is 0.247 e. The number of anilines is 4. The summed E-state index contributed by atoms with van der Waals surface area (Å²) >= 11 is 0. The lowest BCUT2D eigenvalue weighted by Gasteiger charge is -2.45. The minimum atomic E-state index is -0.289. The molecule has 330 valence electrons. The van der Waals surface area contributed by atoms with Gasteiger partial charge in [-0.3, -0.25) is 4.99 Å². The summed E-state index contributed by atoms with van der Waals surface area (Å²) in [5, 5.41) is 0. The molecule has 66 heavy (non-hydrogen) atoms. The third-order valence-corrected chi connectivity index (χ3v) is 17.3. The van der Waals surface area contributed by atoms with Crippen molar-refractivity contribution in [2.45, 2.75) is 122 Å². The zero-order valence-corrected chi connectivity index (χ0v) is 42.3. The van der Waals surface area contributed by atoms with Crippen molar-refractivity contribution in [2.24, 2.45) is 4.99 Å². The highest BCUT2D eigenvalue weighted by Gasteiger charge is 2.50. The second-order valence-corrected chi connectivity index (χ2v) is 21.2. The van der Waals surface area contributed by atoms with E-state index in [1.54, 1.807) is 0 Å². The molecular weight excluding hydrogens is 796 g/mol. The van der Waals surface area contributed by atoms with E-state index in [4.69, 9.17) is 4.99 Å². The highest BCUT2D eigenvalue weighted by molar-refractivity contribution is 7.02. The molecule has 0 unspecified atom stereocenters. The molecule has 0 spiro atoms. The first-order chi connectivity index (χ1) is 31.2. The van der Waals surface area contributed by atoms with Crippen LogP contribution in [0, 0.1) is 83.1 Å². The van der Waals surface area contributed by atoms with Gasteiger partial charge in [-0.2, -0.15) is 0 Å². The molecule has 0 atom stereocenters. The van der Waals surface area contributed by atoms with E-state index in [-0.39, 0.29) is 24.5 Å². The molecule has 3 aliphatic heterocycles. The molecule has 0 saturated heterocycles. The first-order valence-electron chi connectivity index (χ1n) is 24.1. The first-order valence-corrected chi connectivity index (χ1v) is 24.1. The van der Waals surface area contributed by atoms with Gasteiger partial charge in [0.25, 0.3) is 0 Å². The lowest BCUT2D eigenvalue weighted by Crippen LogP contribution is -2.66. The molecule has 0 fully saturated rings. The fraction of sp³-hybridized carbons (Fsp3) is 0.295. The van der Waals surface area contributed by atoms with Crippen LogP contribution in [0.5, 0.6) is 0 Å². The van der Waals surface area contributed by atoms with E-state index < -0.39 is 0 Å². The zero-order valence-electron chi connectivity index (χ0n) is 42.3. The van der Waals surface area contributed by atoms with Gasteiger partial charge in [0.1, 0.15) is 5.84 Å². The Labute approximate surface area is 396 Å². The van der Waals surface area contributed by atoms with Gasteiger partial charge in [-0.25, -0.2) is 0 Å².